The number of aryl methyl sites for hydroxylation is 2. The minimum absolute atomic E-state index is 0.305. The van der Waals surface area contributed by atoms with Crippen molar-refractivity contribution in [3.05, 3.63) is 52.6 Å². The molecule has 1 aliphatic rings. The highest BCUT2D eigenvalue weighted by molar-refractivity contribution is 5.35. The lowest BCUT2D eigenvalue weighted by atomic mass is 9.95. The number of piperidine rings is 1. The first kappa shape index (κ1) is 15.0. The molecule has 1 aromatic carbocycles. The highest BCUT2D eigenvalue weighted by Gasteiger charge is 2.21. The van der Waals surface area contributed by atoms with E-state index in [9.17, 15) is 5.11 Å². The van der Waals surface area contributed by atoms with E-state index < -0.39 is 0 Å². The van der Waals surface area contributed by atoms with Crippen molar-refractivity contribution < 1.29 is 5.11 Å². The summed E-state index contributed by atoms with van der Waals surface area (Å²) in [5.74, 6) is 1.08. The molecule has 1 aliphatic heterocycles. The molecular weight excluding hydrogens is 274 g/mol. The molecule has 3 rings (SSSR count). The van der Waals surface area contributed by atoms with Gasteiger partial charge in [-0.1, -0.05) is 24.6 Å². The lowest BCUT2D eigenvalue weighted by Crippen LogP contribution is -2.28. The van der Waals surface area contributed by atoms with Gasteiger partial charge >= 0.3 is 0 Å². The Kier molecular flexibility index (Phi) is 4.39. The molecule has 22 heavy (non-hydrogen) atoms. The van der Waals surface area contributed by atoms with Gasteiger partial charge in [-0.25, -0.2) is 9.97 Å². The quantitative estimate of drug-likeness (QED) is 0.913. The largest absolute Gasteiger partial charge is 0.508 e. The smallest absolute Gasteiger partial charge is 0.133 e. The summed E-state index contributed by atoms with van der Waals surface area (Å²) in [5.41, 5.74) is 4.22. The molecule has 1 saturated heterocycles. The molecule has 0 bridgehead atoms. The maximum atomic E-state index is 9.90. The third-order valence-corrected chi connectivity index (χ3v) is 4.37. The zero-order valence-corrected chi connectivity index (χ0v) is 13.3. The number of phenols is 1. The monoisotopic (exact) mass is 297 g/mol. The van der Waals surface area contributed by atoms with Crippen LogP contribution in [0.1, 0.15) is 53.6 Å². The Labute approximate surface area is 131 Å². The molecule has 0 amide bonds. The minimum atomic E-state index is 0.305. The van der Waals surface area contributed by atoms with Gasteiger partial charge in [0.05, 0.1) is 0 Å². The summed E-state index contributed by atoms with van der Waals surface area (Å²) in [6.45, 7) is 5.20. The van der Waals surface area contributed by atoms with Gasteiger partial charge in [0.15, 0.2) is 0 Å². The van der Waals surface area contributed by atoms with Crippen molar-refractivity contribution in [3.8, 4) is 5.75 Å². The summed E-state index contributed by atoms with van der Waals surface area (Å²) in [5, 5.41) is 13.5. The van der Waals surface area contributed by atoms with Crippen LogP contribution in [0.25, 0.3) is 0 Å². The summed E-state index contributed by atoms with van der Waals surface area (Å²) in [7, 11) is 0. The fraction of sp³-hybridized carbons (Fsp3) is 0.444. The van der Waals surface area contributed by atoms with Crippen LogP contribution in [0.4, 0.5) is 0 Å². The molecule has 2 heterocycles. The molecule has 0 aliphatic carbocycles. The van der Waals surface area contributed by atoms with Gasteiger partial charge in [-0.2, -0.15) is 0 Å². The maximum Gasteiger partial charge on any atom is 0.133 e. The average Bonchev–Trinajstić information content (AvgIpc) is 2.50. The maximum absolute atomic E-state index is 9.90. The van der Waals surface area contributed by atoms with E-state index in [1.807, 2.05) is 18.2 Å². The van der Waals surface area contributed by atoms with Crippen LogP contribution >= 0.6 is 0 Å². The van der Waals surface area contributed by atoms with E-state index in [1.54, 1.807) is 6.07 Å². The molecule has 0 radical (unpaired) electrons. The van der Waals surface area contributed by atoms with Crippen LogP contribution in [0.15, 0.2) is 24.3 Å². The van der Waals surface area contributed by atoms with Crippen molar-refractivity contribution >= 4 is 0 Å². The molecule has 1 unspecified atom stereocenters. The standard InChI is InChI=1S/C18H23N3O/c1-12-18(15-8-5-6-10-19-15)13(2)21-17(20-12)11-14-7-3-4-9-16(14)22/h3-4,7,9,15,19,22H,5-6,8,10-11H2,1-2H3. The number of para-hydroxylation sites is 1. The number of phenolic OH excluding ortho intramolecular Hbond substituents is 1. The van der Waals surface area contributed by atoms with Crippen LogP contribution in [0, 0.1) is 13.8 Å². The number of aromatic nitrogens is 2. The Hall–Kier alpha value is -1.94. The van der Waals surface area contributed by atoms with Gasteiger partial charge < -0.3 is 10.4 Å². The van der Waals surface area contributed by atoms with E-state index in [4.69, 9.17) is 0 Å². The number of hydrogen-bond donors (Lipinski definition) is 2. The first-order valence-electron chi connectivity index (χ1n) is 7.99. The van der Waals surface area contributed by atoms with E-state index in [2.05, 4.69) is 29.1 Å². The Bertz CT molecular complexity index is 640. The highest BCUT2D eigenvalue weighted by atomic mass is 16.3. The Morgan fingerprint density at radius 2 is 1.86 bits per heavy atom. The van der Waals surface area contributed by atoms with Crippen LogP contribution in [0.5, 0.6) is 5.75 Å². The van der Waals surface area contributed by atoms with E-state index in [0.717, 1.165) is 35.7 Å². The molecule has 116 valence electrons. The van der Waals surface area contributed by atoms with Crippen LogP contribution in [0.3, 0.4) is 0 Å². The van der Waals surface area contributed by atoms with Crippen molar-refractivity contribution in [2.45, 2.75) is 45.6 Å². The van der Waals surface area contributed by atoms with Crippen LogP contribution < -0.4 is 5.32 Å². The lowest BCUT2D eigenvalue weighted by molar-refractivity contribution is 0.407. The molecule has 0 spiro atoms. The van der Waals surface area contributed by atoms with Gasteiger partial charge in [0.1, 0.15) is 11.6 Å². The third-order valence-electron chi connectivity index (χ3n) is 4.37. The summed E-state index contributed by atoms with van der Waals surface area (Å²) in [4.78, 5) is 9.37. The zero-order valence-electron chi connectivity index (χ0n) is 13.3. The first-order chi connectivity index (χ1) is 10.6. The van der Waals surface area contributed by atoms with Crippen LogP contribution in [-0.4, -0.2) is 21.6 Å². The summed E-state index contributed by atoms with van der Waals surface area (Å²) >= 11 is 0. The molecule has 1 atom stereocenters. The Balaban J connectivity index is 1.87. The van der Waals surface area contributed by atoms with Gasteiger partial charge in [-0.15, -0.1) is 0 Å². The number of aromatic hydroxyl groups is 1. The first-order valence-corrected chi connectivity index (χ1v) is 7.99. The van der Waals surface area contributed by atoms with Crippen molar-refractivity contribution in [2.24, 2.45) is 0 Å². The van der Waals surface area contributed by atoms with Crippen LogP contribution in [-0.2, 0) is 6.42 Å². The summed E-state index contributed by atoms with van der Waals surface area (Å²) in [6.07, 6.45) is 4.23. The van der Waals surface area contributed by atoms with Gasteiger partial charge in [0.25, 0.3) is 0 Å². The number of nitrogens with one attached hydrogen (secondary N) is 1. The van der Waals surface area contributed by atoms with Crippen LogP contribution in [0.2, 0.25) is 0 Å². The lowest BCUT2D eigenvalue weighted by Gasteiger charge is -2.26. The van der Waals surface area contributed by atoms with Gasteiger partial charge in [0, 0.05) is 35.0 Å². The van der Waals surface area contributed by atoms with Crippen molar-refractivity contribution in [2.75, 3.05) is 6.54 Å². The zero-order chi connectivity index (χ0) is 15.5. The normalized spacial score (nSPS) is 18.4. The fourth-order valence-corrected chi connectivity index (χ4v) is 3.31. The molecule has 1 fully saturated rings. The van der Waals surface area contributed by atoms with E-state index >= 15 is 0 Å². The molecule has 0 saturated carbocycles. The van der Waals surface area contributed by atoms with Gasteiger partial charge in [-0.3, -0.25) is 0 Å². The van der Waals surface area contributed by atoms with Gasteiger partial charge in [0.2, 0.25) is 0 Å². The second kappa shape index (κ2) is 6.44. The van der Waals surface area contributed by atoms with Gasteiger partial charge in [-0.05, 0) is 39.3 Å². The average molecular weight is 297 g/mol. The predicted octanol–water partition coefficient (Wildman–Crippen LogP) is 3.20. The number of benzene rings is 1. The summed E-state index contributed by atoms with van der Waals surface area (Å²) < 4.78 is 0. The topological polar surface area (TPSA) is 58.0 Å². The number of hydrogen-bond acceptors (Lipinski definition) is 4. The number of rotatable bonds is 3. The van der Waals surface area contributed by atoms with E-state index in [1.165, 1.54) is 18.4 Å². The molecule has 4 heteroatoms. The molecule has 4 nitrogen and oxygen atoms in total. The predicted molar refractivity (Wildman–Crippen MR) is 87.0 cm³/mol. The fourth-order valence-electron chi connectivity index (χ4n) is 3.31. The highest BCUT2D eigenvalue weighted by Crippen LogP contribution is 2.27. The Morgan fingerprint density at radius 1 is 1.14 bits per heavy atom. The third kappa shape index (κ3) is 3.12. The summed E-state index contributed by atoms with van der Waals surface area (Å²) in [6, 6.07) is 7.76. The molecular formula is C18H23N3O. The Morgan fingerprint density at radius 3 is 2.50 bits per heavy atom. The van der Waals surface area contributed by atoms with Crippen molar-refractivity contribution in [3.63, 3.8) is 0 Å². The number of nitrogens with zero attached hydrogens (tertiary/aromatic N) is 2. The second-order valence-electron chi connectivity index (χ2n) is 6.03. The van der Waals surface area contributed by atoms with E-state index in [-0.39, 0.29) is 0 Å². The van der Waals surface area contributed by atoms with Crippen molar-refractivity contribution in [1.29, 1.82) is 0 Å². The SMILES string of the molecule is Cc1nc(Cc2ccccc2O)nc(C)c1C1CCCCN1. The molecule has 2 N–H and O–H groups in total. The van der Waals surface area contributed by atoms with E-state index in [0.29, 0.717) is 18.2 Å². The second-order valence-corrected chi connectivity index (χ2v) is 6.03. The molecule has 1 aromatic heterocycles. The minimum Gasteiger partial charge on any atom is -0.508 e. The molecule has 2 aromatic rings. The van der Waals surface area contributed by atoms with Crippen molar-refractivity contribution in [1.82, 2.24) is 15.3 Å².